The summed E-state index contributed by atoms with van der Waals surface area (Å²) >= 11 is 0. The van der Waals surface area contributed by atoms with Crippen LogP contribution in [0.15, 0.2) is 72.2 Å². The van der Waals surface area contributed by atoms with E-state index in [-0.39, 0.29) is 11.6 Å². The third kappa shape index (κ3) is 4.06. The molecule has 0 aliphatic carbocycles. The number of hydrogen-bond donors (Lipinski definition) is 1. The van der Waals surface area contributed by atoms with Crippen LogP contribution in [0.5, 0.6) is 0 Å². The van der Waals surface area contributed by atoms with Gasteiger partial charge in [0.1, 0.15) is 23.3 Å². The molecule has 0 aliphatic rings. The molecule has 2 heterocycles. The maximum Gasteiger partial charge on any atom is 0.263 e. The lowest BCUT2D eigenvalue weighted by atomic mass is 10.1. The number of anilines is 1. The van der Waals surface area contributed by atoms with Gasteiger partial charge < -0.3 is 5.32 Å². The minimum absolute atomic E-state index is 0.113. The van der Waals surface area contributed by atoms with Crippen molar-refractivity contribution >= 4 is 22.3 Å². The first kappa shape index (κ1) is 20.7. The molecule has 0 aliphatic heterocycles. The lowest BCUT2D eigenvalue weighted by molar-refractivity contribution is 0.780. The predicted octanol–water partition coefficient (Wildman–Crippen LogP) is 4.75. The molecule has 3 rings (SSSR count). The zero-order valence-corrected chi connectivity index (χ0v) is 17.3. The van der Waals surface area contributed by atoms with Crippen molar-refractivity contribution < 1.29 is 0 Å². The molecule has 2 aromatic heterocycles. The molecular weight excluding hydrogens is 374 g/mol. The summed E-state index contributed by atoms with van der Waals surface area (Å²) in [6.45, 7) is 9.30. The first-order valence-electron chi connectivity index (χ1n) is 9.61. The van der Waals surface area contributed by atoms with E-state index in [1.54, 1.807) is 23.6 Å². The summed E-state index contributed by atoms with van der Waals surface area (Å²) in [5, 5.41) is 14.2. The summed E-state index contributed by atoms with van der Waals surface area (Å²) < 4.78 is 1.68. The minimum atomic E-state index is -0.309. The van der Waals surface area contributed by atoms with E-state index in [0.29, 0.717) is 22.6 Å². The predicted molar refractivity (Wildman–Crippen MR) is 121 cm³/mol. The molecule has 0 radical (unpaired) electrons. The number of aryl methyl sites for hydroxylation is 1. The minimum Gasteiger partial charge on any atom is -0.361 e. The quantitative estimate of drug-likeness (QED) is 0.607. The lowest BCUT2D eigenvalue weighted by Gasteiger charge is -2.22. The second-order valence-electron chi connectivity index (χ2n) is 6.76. The lowest BCUT2D eigenvalue weighted by Crippen LogP contribution is -2.26. The van der Waals surface area contributed by atoms with Crippen molar-refractivity contribution in [3.8, 4) is 6.07 Å². The summed E-state index contributed by atoms with van der Waals surface area (Å²) in [6.07, 6.45) is 8.67. The fraction of sp³-hybridized carbons (Fsp3) is 0.167. The summed E-state index contributed by atoms with van der Waals surface area (Å²) in [5.41, 5.74) is 1.72. The molecule has 30 heavy (non-hydrogen) atoms. The molecule has 1 aromatic carbocycles. The van der Waals surface area contributed by atoms with Crippen molar-refractivity contribution in [1.82, 2.24) is 14.5 Å². The number of benzene rings is 1. The number of fused-ring (bicyclic) bond motifs is 1. The Hall–Kier alpha value is -3.98. The average Bonchev–Trinajstić information content (AvgIpc) is 2.75. The molecule has 0 spiro atoms. The summed E-state index contributed by atoms with van der Waals surface area (Å²) in [6, 6.07) is 11.3. The van der Waals surface area contributed by atoms with Gasteiger partial charge in [-0.15, -0.1) is 0 Å². The highest BCUT2D eigenvalue weighted by molar-refractivity contribution is 5.83. The first-order chi connectivity index (χ1) is 14.5. The molecule has 0 bridgehead atoms. The fourth-order valence-electron chi connectivity index (χ4n) is 3.27. The average molecular weight is 397 g/mol. The Kier molecular flexibility index (Phi) is 6.23. The van der Waals surface area contributed by atoms with Gasteiger partial charge in [0.2, 0.25) is 0 Å². The van der Waals surface area contributed by atoms with Crippen molar-refractivity contribution in [3.05, 3.63) is 94.8 Å². The number of hydrogen-bond acceptors (Lipinski definition) is 5. The van der Waals surface area contributed by atoms with E-state index in [2.05, 4.69) is 27.9 Å². The van der Waals surface area contributed by atoms with E-state index in [0.717, 1.165) is 16.8 Å². The van der Waals surface area contributed by atoms with Gasteiger partial charge in [0, 0.05) is 16.8 Å². The van der Waals surface area contributed by atoms with Crippen molar-refractivity contribution in [2.24, 2.45) is 0 Å². The second-order valence-corrected chi connectivity index (χ2v) is 6.76. The van der Waals surface area contributed by atoms with Crippen LogP contribution in [0.3, 0.4) is 0 Å². The molecule has 3 aromatic rings. The molecule has 0 amide bonds. The van der Waals surface area contributed by atoms with Crippen molar-refractivity contribution in [2.75, 3.05) is 5.32 Å². The first-order valence-corrected chi connectivity index (χ1v) is 9.61. The van der Waals surface area contributed by atoms with Gasteiger partial charge in [0.05, 0.1) is 12.2 Å². The molecule has 1 unspecified atom stereocenters. The van der Waals surface area contributed by atoms with Crippen LogP contribution >= 0.6 is 0 Å². The van der Waals surface area contributed by atoms with E-state index < -0.39 is 0 Å². The molecule has 150 valence electrons. The smallest absolute Gasteiger partial charge is 0.263 e. The van der Waals surface area contributed by atoms with Crippen LogP contribution in [0.25, 0.3) is 16.5 Å². The molecule has 0 saturated heterocycles. The van der Waals surface area contributed by atoms with Gasteiger partial charge in [-0.25, -0.2) is 9.97 Å². The number of rotatable bonds is 6. The van der Waals surface area contributed by atoms with E-state index in [1.165, 1.54) is 6.20 Å². The highest BCUT2D eigenvalue weighted by Gasteiger charge is 2.18. The van der Waals surface area contributed by atoms with Gasteiger partial charge in [0.15, 0.2) is 0 Å². The SMILES string of the molecule is C=C/C=C\C(=C/C)n1c(C(C)Nc2nc(C)ncc2C#N)cc2ccccc2c1=O. The topological polar surface area (TPSA) is 83.6 Å². The Bertz CT molecular complexity index is 1260. The summed E-state index contributed by atoms with van der Waals surface area (Å²) in [5.74, 6) is 0.996. The van der Waals surface area contributed by atoms with Gasteiger partial charge in [-0.2, -0.15) is 5.26 Å². The Morgan fingerprint density at radius 3 is 2.83 bits per heavy atom. The zero-order valence-electron chi connectivity index (χ0n) is 17.3. The van der Waals surface area contributed by atoms with Crippen LogP contribution in [-0.4, -0.2) is 14.5 Å². The molecular formula is C24H23N5O. The molecule has 0 fully saturated rings. The van der Waals surface area contributed by atoms with Gasteiger partial charge in [-0.3, -0.25) is 9.36 Å². The van der Waals surface area contributed by atoms with Gasteiger partial charge in [-0.05, 0) is 44.4 Å². The number of nitriles is 1. The molecule has 1 atom stereocenters. The largest absolute Gasteiger partial charge is 0.361 e. The van der Waals surface area contributed by atoms with Crippen LogP contribution in [0.4, 0.5) is 5.82 Å². The van der Waals surface area contributed by atoms with Crippen molar-refractivity contribution in [1.29, 1.82) is 5.26 Å². The van der Waals surface area contributed by atoms with E-state index in [4.69, 9.17) is 0 Å². The Morgan fingerprint density at radius 2 is 2.13 bits per heavy atom. The number of allylic oxidation sites excluding steroid dienone is 5. The maximum atomic E-state index is 13.4. The van der Waals surface area contributed by atoms with Crippen LogP contribution in [0.2, 0.25) is 0 Å². The van der Waals surface area contributed by atoms with Crippen molar-refractivity contribution in [2.45, 2.75) is 26.8 Å². The van der Waals surface area contributed by atoms with E-state index >= 15 is 0 Å². The fourth-order valence-corrected chi connectivity index (χ4v) is 3.27. The zero-order chi connectivity index (χ0) is 21.7. The Balaban J connectivity index is 2.21. The third-order valence-electron chi connectivity index (χ3n) is 4.74. The van der Waals surface area contributed by atoms with E-state index in [9.17, 15) is 10.1 Å². The second kappa shape index (κ2) is 9.01. The number of pyridine rings is 1. The normalized spacial score (nSPS) is 12.7. The van der Waals surface area contributed by atoms with Crippen LogP contribution in [0, 0.1) is 18.3 Å². The highest BCUT2D eigenvalue weighted by Crippen LogP contribution is 2.25. The van der Waals surface area contributed by atoms with Crippen LogP contribution in [0.1, 0.15) is 37.0 Å². The standard InChI is InChI=1S/C24H23N5O/c1-5-7-11-20(6-2)29-22(13-18-10-8-9-12-21(18)24(29)30)16(3)27-23-19(14-25)15-26-17(4)28-23/h5-13,15-16H,1H2,2-4H3,(H,26,27,28)/b11-7-,20-6+. The van der Waals surface area contributed by atoms with Gasteiger partial charge >= 0.3 is 0 Å². The van der Waals surface area contributed by atoms with Gasteiger partial charge in [-0.1, -0.05) is 43.0 Å². The Labute approximate surface area is 175 Å². The third-order valence-corrected chi connectivity index (χ3v) is 4.74. The number of aromatic nitrogens is 3. The molecule has 6 heteroatoms. The van der Waals surface area contributed by atoms with Crippen LogP contribution < -0.4 is 10.9 Å². The highest BCUT2D eigenvalue weighted by atomic mass is 16.1. The molecule has 1 N–H and O–H groups in total. The van der Waals surface area contributed by atoms with Crippen molar-refractivity contribution in [3.63, 3.8) is 0 Å². The summed E-state index contributed by atoms with van der Waals surface area (Å²) in [7, 11) is 0. The number of nitrogens with one attached hydrogen (secondary N) is 1. The number of nitrogens with zero attached hydrogens (tertiary/aromatic N) is 4. The maximum absolute atomic E-state index is 13.4. The van der Waals surface area contributed by atoms with E-state index in [1.807, 2.05) is 56.3 Å². The molecule has 6 nitrogen and oxygen atoms in total. The Morgan fingerprint density at radius 1 is 1.37 bits per heavy atom. The molecule has 0 saturated carbocycles. The van der Waals surface area contributed by atoms with Crippen LogP contribution in [-0.2, 0) is 0 Å². The van der Waals surface area contributed by atoms with Gasteiger partial charge in [0.25, 0.3) is 5.56 Å². The summed E-state index contributed by atoms with van der Waals surface area (Å²) in [4.78, 5) is 21.9. The monoisotopic (exact) mass is 397 g/mol.